The van der Waals surface area contributed by atoms with Gasteiger partial charge in [-0.25, -0.2) is 4.39 Å². The van der Waals surface area contributed by atoms with Gasteiger partial charge in [0.05, 0.1) is 11.9 Å². The molecule has 1 heterocycles. The van der Waals surface area contributed by atoms with E-state index in [4.69, 9.17) is 4.42 Å². The van der Waals surface area contributed by atoms with Crippen LogP contribution < -0.4 is 0 Å². The number of hydrogen-bond donors (Lipinski definition) is 1. The van der Waals surface area contributed by atoms with E-state index in [-0.39, 0.29) is 5.82 Å². The molecule has 0 amide bonds. The molecule has 0 saturated heterocycles. The predicted octanol–water partition coefficient (Wildman–Crippen LogP) is 2.89. The molecule has 0 atom stereocenters. The third kappa shape index (κ3) is 2.18. The lowest BCUT2D eigenvalue weighted by Crippen LogP contribution is -2.21. The molecule has 0 spiro atoms. The fraction of sp³-hybridized carbons (Fsp3) is 0.333. The Kier molecular flexibility index (Phi) is 2.27. The lowest BCUT2D eigenvalue weighted by Gasteiger charge is -2.15. The summed E-state index contributed by atoms with van der Waals surface area (Å²) in [6, 6.07) is 4.42. The average molecular weight is 208 g/mol. The van der Waals surface area contributed by atoms with Crippen molar-refractivity contribution in [1.29, 1.82) is 0 Å². The Balaban J connectivity index is 2.45. The molecule has 15 heavy (non-hydrogen) atoms. The van der Waals surface area contributed by atoms with Crippen molar-refractivity contribution >= 4 is 11.0 Å². The molecule has 1 aromatic heterocycles. The second-order valence-corrected chi connectivity index (χ2v) is 4.39. The molecule has 2 nitrogen and oxygen atoms in total. The smallest absolute Gasteiger partial charge is 0.137 e. The lowest BCUT2D eigenvalue weighted by atomic mass is 9.98. The number of halogens is 1. The molecule has 0 aliphatic rings. The third-order valence-corrected chi connectivity index (χ3v) is 2.24. The molecule has 2 aromatic rings. The summed E-state index contributed by atoms with van der Waals surface area (Å²) in [6.07, 6.45) is 2.06. The van der Waals surface area contributed by atoms with Crippen LogP contribution in [0.2, 0.25) is 0 Å². The first kappa shape index (κ1) is 10.2. The average Bonchev–Trinajstić information content (AvgIpc) is 2.45. The highest BCUT2D eigenvalue weighted by Gasteiger charge is 2.17. The molecule has 2 rings (SSSR count). The summed E-state index contributed by atoms with van der Waals surface area (Å²) in [5, 5.41) is 10.5. The van der Waals surface area contributed by atoms with Gasteiger partial charge >= 0.3 is 0 Å². The second kappa shape index (κ2) is 3.35. The van der Waals surface area contributed by atoms with Crippen LogP contribution in [0.25, 0.3) is 11.0 Å². The molecular weight excluding hydrogens is 195 g/mol. The second-order valence-electron chi connectivity index (χ2n) is 4.39. The summed E-state index contributed by atoms with van der Waals surface area (Å²) in [5.41, 5.74) is 0.636. The Morgan fingerprint density at radius 1 is 1.40 bits per heavy atom. The zero-order chi connectivity index (χ0) is 11.1. The fourth-order valence-corrected chi connectivity index (χ4v) is 1.66. The zero-order valence-electron chi connectivity index (χ0n) is 8.75. The van der Waals surface area contributed by atoms with Crippen LogP contribution in [-0.4, -0.2) is 10.7 Å². The van der Waals surface area contributed by atoms with Crippen molar-refractivity contribution in [2.24, 2.45) is 0 Å². The molecule has 0 aliphatic heterocycles. The van der Waals surface area contributed by atoms with Gasteiger partial charge < -0.3 is 9.52 Å². The van der Waals surface area contributed by atoms with E-state index in [1.807, 2.05) is 0 Å². The minimum Gasteiger partial charge on any atom is -0.464 e. The minimum absolute atomic E-state index is 0.313. The molecular formula is C12H13FO2. The van der Waals surface area contributed by atoms with Crippen LogP contribution in [-0.2, 0) is 6.42 Å². The van der Waals surface area contributed by atoms with Crippen molar-refractivity contribution in [2.75, 3.05) is 0 Å². The molecule has 1 N–H and O–H groups in total. The van der Waals surface area contributed by atoms with Gasteiger partial charge in [0.25, 0.3) is 0 Å². The Bertz CT molecular complexity index is 480. The van der Waals surface area contributed by atoms with Gasteiger partial charge in [-0.15, -0.1) is 0 Å². The van der Waals surface area contributed by atoms with Gasteiger partial charge in [0.2, 0.25) is 0 Å². The first-order valence-corrected chi connectivity index (χ1v) is 4.84. The normalized spacial score (nSPS) is 12.3. The Hall–Kier alpha value is -1.35. The van der Waals surface area contributed by atoms with Gasteiger partial charge in [0.1, 0.15) is 11.4 Å². The van der Waals surface area contributed by atoms with E-state index in [0.29, 0.717) is 12.0 Å². The van der Waals surface area contributed by atoms with E-state index in [1.54, 1.807) is 26.2 Å². The van der Waals surface area contributed by atoms with Gasteiger partial charge in [-0.3, -0.25) is 0 Å². The monoisotopic (exact) mass is 208 g/mol. The Labute approximate surface area is 87.3 Å². The molecule has 0 bridgehead atoms. The van der Waals surface area contributed by atoms with Crippen LogP contribution in [0.3, 0.4) is 0 Å². The standard InChI is InChI=1S/C12H13FO2/c1-12(2,14)6-8-7-15-11-5-9(13)3-4-10(8)11/h3-5,7,14H,6H2,1-2H3. The molecule has 1 aromatic carbocycles. The Morgan fingerprint density at radius 2 is 2.13 bits per heavy atom. The molecule has 0 radical (unpaired) electrons. The van der Waals surface area contributed by atoms with Crippen molar-refractivity contribution in [1.82, 2.24) is 0 Å². The summed E-state index contributed by atoms with van der Waals surface area (Å²) in [4.78, 5) is 0. The maximum absolute atomic E-state index is 12.9. The molecule has 0 unspecified atom stereocenters. The molecule has 0 fully saturated rings. The van der Waals surface area contributed by atoms with E-state index in [2.05, 4.69) is 0 Å². The van der Waals surface area contributed by atoms with E-state index in [0.717, 1.165) is 10.9 Å². The first-order valence-electron chi connectivity index (χ1n) is 4.84. The molecule has 0 saturated carbocycles. The van der Waals surface area contributed by atoms with Crippen LogP contribution in [0, 0.1) is 5.82 Å². The highest BCUT2D eigenvalue weighted by molar-refractivity contribution is 5.81. The molecule has 80 valence electrons. The number of fused-ring (bicyclic) bond motifs is 1. The first-order chi connectivity index (χ1) is 6.96. The van der Waals surface area contributed by atoms with Gasteiger partial charge in [-0.05, 0) is 26.0 Å². The van der Waals surface area contributed by atoms with Crippen molar-refractivity contribution in [3.05, 3.63) is 35.8 Å². The highest BCUT2D eigenvalue weighted by Crippen LogP contribution is 2.25. The van der Waals surface area contributed by atoms with Gasteiger partial charge in [-0.1, -0.05) is 0 Å². The van der Waals surface area contributed by atoms with Crippen LogP contribution in [0.15, 0.2) is 28.9 Å². The number of rotatable bonds is 2. The van der Waals surface area contributed by atoms with E-state index in [9.17, 15) is 9.50 Å². The summed E-state index contributed by atoms with van der Waals surface area (Å²) in [6.45, 7) is 3.46. The van der Waals surface area contributed by atoms with Crippen LogP contribution in [0.5, 0.6) is 0 Å². The number of benzene rings is 1. The van der Waals surface area contributed by atoms with E-state index >= 15 is 0 Å². The van der Waals surface area contributed by atoms with E-state index in [1.165, 1.54) is 12.1 Å². The van der Waals surface area contributed by atoms with Gasteiger partial charge in [0, 0.05) is 23.4 Å². The van der Waals surface area contributed by atoms with E-state index < -0.39 is 5.60 Å². The quantitative estimate of drug-likeness (QED) is 0.823. The van der Waals surface area contributed by atoms with Crippen molar-refractivity contribution in [3.8, 4) is 0 Å². The summed E-state index contributed by atoms with van der Waals surface area (Å²) in [7, 11) is 0. The minimum atomic E-state index is -0.787. The van der Waals surface area contributed by atoms with Gasteiger partial charge in [-0.2, -0.15) is 0 Å². The molecule has 3 heteroatoms. The number of aliphatic hydroxyl groups is 1. The zero-order valence-corrected chi connectivity index (χ0v) is 8.75. The van der Waals surface area contributed by atoms with Crippen LogP contribution in [0.1, 0.15) is 19.4 Å². The lowest BCUT2D eigenvalue weighted by molar-refractivity contribution is 0.0811. The Morgan fingerprint density at radius 3 is 2.80 bits per heavy atom. The van der Waals surface area contributed by atoms with Crippen LogP contribution in [0.4, 0.5) is 4.39 Å². The van der Waals surface area contributed by atoms with Gasteiger partial charge in [0.15, 0.2) is 0 Å². The third-order valence-electron chi connectivity index (χ3n) is 2.24. The largest absolute Gasteiger partial charge is 0.464 e. The summed E-state index contributed by atoms with van der Waals surface area (Å²) < 4.78 is 18.1. The topological polar surface area (TPSA) is 33.4 Å². The maximum Gasteiger partial charge on any atom is 0.137 e. The number of furan rings is 1. The maximum atomic E-state index is 12.9. The fourth-order valence-electron chi connectivity index (χ4n) is 1.66. The number of hydrogen-bond acceptors (Lipinski definition) is 2. The summed E-state index contributed by atoms with van der Waals surface area (Å²) >= 11 is 0. The van der Waals surface area contributed by atoms with Crippen LogP contribution >= 0.6 is 0 Å². The van der Waals surface area contributed by atoms with Crippen molar-refractivity contribution in [3.63, 3.8) is 0 Å². The highest BCUT2D eigenvalue weighted by atomic mass is 19.1. The van der Waals surface area contributed by atoms with Crippen molar-refractivity contribution in [2.45, 2.75) is 25.9 Å². The van der Waals surface area contributed by atoms with Crippen molar-refractivity contribution < 1.29 is 13.9 Å². The SMILES string of the molecule is CC(C)(O)Cc1coc2cc(F)ccc12. The predicted molar refractivity (Wildman–Crippen MR) is 56.2 cm³/mol. The summed E-state index contributed by atoms with van der Waals surface area (Å²) in [5.74, 6) is -0.313. The molecule has 0 aliphatic carbocycles.